The van der Waals surface area contributed by atoms with Crippen LogP contribution in [0.15, 0.2) is 24.3 Å². The fraction of sp³-hybridized carbons (Fsp3) is 0.619. The number of hydrogen-bond donors (Lipinski definition) is 1. The SMILES string of the molecule is CCCCC[C@H](O)/C=C/[C@H]1CC(F)(F)C(=O)N1CCCc1ccc(OC(=O)OC)s1. The lowest BCUT2D eigenvalue weighted by Crippen LogP contribution is -2.36. The van der Waals surface area contributed by atoms with Crippen molar-refractivity contribution in [2.45, 2.75) is 69.9 Å². The molecule has 168 valence electrons. The van der Waals surface area contributed by atoms with Gasteiger partial charge < -0.3 is 19.5 Å². The lowest BCUT2D eigenvalue weighted by molar-refractivity contribution is -0.148. The van der Waals surface area contributed by atoms with Gasteiger partial charge in [0.15, 0.2) is 5.06 Å². The third-order valence-electron chi connectivity index (χ3n) is 4.91. The van der Waals surface area contributed by atoms with Gasteiger partial charge in [-0.25, -0.2) is 4.79 Å². The molecule has 1 saturated heterocycles. The average molecular weight is 446 g/mol. The predicted octanol–water partition coefficient (Wildman–Crippen LogP) is 4.56. The van der Waals surface area contributed by atoms with Crippen LogP contribution in [0.5, 0.6) is 5.06 Å². The van der Waals surface area contributed by atoms with Gasteiger partial charge in [0, 0.05) is 17.8 Å². The summed E-state index contributed by atoms with van der Waals surface area (Å²) in [6.07, 6.45) is 5.52. The molecule has 0 bridgehead atoms. The van der Waals surface area contributed by atoms with Crippen molar-refractivity contribution in [3.8, 4) is 5.06 Å². The molecule has 0 radical (unpaired) electrons. The zero-order valence-electron chi connectivity index (χ0n) is 17.3. The van der Waals surface area contributed by atoms with E-state index >= 15 is 0 Å². The Hall–Kier alpha value is -2.00. The maximum Gasteiger partial charge on any atom is 0.514 e. The van der Waals surface area contributed by atoms with Crippen molar-refractivity contribution >= 4 is 23.4 Å². The Balaban J connectivity index is 1.89. The number of amides is 1. The number of nitrogens with zero attached hydrogens (tertiary/aromatic N) is 1. The molecule has 9 heteroatoms. The van der Waals surface area contributed by atoms with Crippen molar-refractivity contribution in [3.05, 3.63) is 29.2 Å². The van der Waals surface area contributed by atoms with E-state index in [4.69, 9.17) is 4.74 Å². The van der Waals surface area contributed by atoms with Crippen LogP contribution in [-0.2, 0) is 16.0 Å². The highest BCUT2D eigenvalue weighted by molar-refractivity contribution is 7.13. The fourth-order valence-corrected chi connectivity index (χ4v) is 4.20. The van der Waals surface area contributed by atoms with Crippen molar-refractivity contribution in [3.63, 3.8) is 0 Å². The number of halogens is 2. The van der Waals surface area contributed by atoms with E-state index in [1.54, 1.807) is 12.1 Å². The largest absolute Gasteiger partial charge is 0.514 e. The van der Waals surface area contributed by atoms with Crippen molar-refractivity contribution in [1.82, 2.24) is 4.90 Å². The van der Waals surface area contributed by atoms with Crippen LogP contribution in [0.3, 0.4) is 0 Å². The average Bonchev–Trinajstić information content (AvgIpc) is 3.23. The number of alkyl halides is 2. The summed E-state index contributed by atoms with van der Waals surface area (Å²) in [5, 5.41) is 10.4. The summed E-state index contributed by atoms with van der Waals surface area (Å²) in [6, 6.07) is 2.69. The fourth-order valence-electron chi connectivity index (χ4n) is 3.31. The zero-order valence-corrected chi connectivity index (χ0v) is 18.1. The van der Waals surface area contributed by atoms with Gasteiger partial charge in [0.2, 0.25) is 0 Å². The molecule has 2 rings (SSSR count). The number of ether oxygens (including phenoxy) is 2. The first kappa shape index (κ1) is 24.3. The molecule has 0 aromatic carbocycles. The Morgan fingerprint density at radius 3 is 2.87 bits per heavy atom. The minimum atomic E-state index is -3.38. The third-order valence-corrected chi connectivity index (χ3v) is 5.93. The van der Waals surface area contributed by atoms with E-state index < -0.39 is 36.6 Å². The summed E-state index contributed by atoms with van der Waals surface area (Å²) in [5.41, 5.74) is 0. The van der Waals surface area contributed by atoms with Gasteiger partial charge >= 0.3 is 12.1 Å². The summed E-state index contributed by atoms with van der Waals surface area (Å²) < 4.78 is 37.3. The van der Waals surface area contributed by atoms with Crippen LogP contribution >= 0.6 is 11.3 Å². The second kappa shape index (κ2) is 11.4. The number of aliphatic hydroxyl groups is 1. The van der Waals surface area contributed by atoms with Crippen LogP contribution < -0.4 is 4.74 Å². The number of aliphatic hydroxyl groups excluding tert-OH is 1. The molecule has 1 aliphatic rings. The maximum atomic E-state index is 14.0. The molecule has 30 heavy (non-hydrogen) atoms. The molecule has 0 aliphatic carbocycles. The van der Waals surface area contributed by atoms with Crippen LogP contribution in [-0.4, -0.2) is 53.8 Å². The predicted molar refractivity (Wildman–Crippen MR) is 110 cm³/mol. The van der Waals surface area contributed by atoms with E-state index in [2.05, 4.69) is 11.7 Å². The Bertz CT molecular complexity index is 737. The highest BCUT2D eigenvalue weighted by Crippen LogP contribution is 2.34. The van der Waals surface area contributed by atoms with E-state index in [9.17, 15) is 23.5 Å². The molecular weight excluding hydrogens is 416 g/mol. The topological polar surface area (TPSA) is 76.1 Å². The van der Waals surface area contributed by atoms with E-state index in [-0.39, 0.29) is 6.54 Å². The lowest BCUT2D eigenvalue weighted by Gasteiger charge is -2.21. The molecular formula is C21H29F2NO5S. The van der Waals surface area contributed by atoms with Gasteiger partial charge in [-0.2, -0.15) is 8.78 Å². The highest BCUT2D eigenvalue weighted by Gasteiger charge is 2.52. The number of carbonyl (C=O) groups excluding carboxylic acids is 2. The number of rotatable bonds is 11. The van der Waals surface area contributed by atoms with Crippen molar-refractivity contribution < 1.29 is 33.0 Å². The zero-order chi connectivity index (χ0) is 22.1. The van der Waals surface area contributed by atoms with E-state index in [0.717, 1.165) is 24.1 Å². The molecule has 1 fully saturated rings. The normalized spacial score (nSPS) is 19.4. The van der Waals surface area contributed by atoms with Gasteiger partial charge in [-0.1, -0.05) is 38.3 Å². The molecule has 2 atom stereocenters. The van der Waals surface area contributed by atoms with Gasteiger partial charge in [0.05, 0.1) is 19.3 Å². The number of carbonyl (C=O) groups is 2. The molecule has 2 heterocycles. The molecule has 6 nitrogen and oxygen atoms in total. The summed E-state index contributed by atoms with van der Waals surface area (Å²) >= 11 is 1.26. The van der Waals surface area contributed by atoms with Crippen LogP contribution in [0.2, 0.25) is 0 Å². The summed E-state index contributed by atoms with van der Waals surface area (Å²) in [6.45, 7) is 2.25. The van der Waals surface area contributed by atoms with Crippen LogP contribution in [0, 0.1) is 0 Å². The van der Waals surface area contributed by atoms with Crippen LogP contribution in [0.25, 0.3) is 0 Å². The van der Waals surface area contributed by atoms with Crippen LogP contribution in [0.4, 0.5) is 13.6 Å². The van der Waals surface area contributed by atoms with Gasteiger partial charge in [0.25, 0.3) is 5.91 Å². The lowest BCUT2D eigenvalue weighted by atomic mass is 10.1. The highest BCUT2D eigenvalue weighted by atomic mass is 32.1. The monoisotopic (exact) mass is 445 g/mol. The van der Waals surface area contributed by atoms with Crippen LogP contribution in [0.1, 0.15) is 50.3 Å². The minimum absolute atomic E-state index is 0.181. The van der Waals surface area contributed by atoms with Crippen molar-refractivity contribution in [2.75, 3.05) is 13.7 Å². The summed E-state index contributed by atoms with van der Waals surface area (Å²) in [7, 11) is 1.22. The number of thiophene rings is 1. The standard InChI is InChI=1S/C21H29F2NO5S/c1-3-4-5-7-16(25)10-9-15-14-21(22,23)19(26)24(15)13-6-8-17-11-12-18(30-17)29-20(27)28-2/h9-12,15-16,25H,3-8,13-14H2,1-2H3/b10-9+/t15-,16-/m0/s1. The maximum absolute atomic E-state index is 14.0. The number of unbranched alkanes of at least 4 members (excludes halogenated alkanes) is 2. The molecule has 1 amide bonds. The quantitative estimate of drug-likeness (QED) is 0.307. The first-order chi connectivity index (χ1) is 14.3. The van der Waals surface area contributed by atoms with E-state index in [1.807, 2.05) is 0 Å². The third kappa shape index (κ3) is 7.05. The van der Waals surface area contributed by atoms with Gasteiger partial charge in [-0.3, -0.25) is 4.79 Å². The first-order valence-electron chi connectivity index (χ1n) is 10.2. The van der Waals surface area contributed by atoms with Gasteiger partial charge in [0.1, 0.15) is 0 Å². The number of aryl methyl sites for hydroxylation is 1. The molecule has 0 unspecified atom stereocenters. The molecule has 1 aromatic rings. The Morgan fingerprint density at radius 2 is 2.17 bits per heavy atom. The smallest absolute Gasteiger partial charge is 0.437 e. The molecule has 0 saturated carbocycles. The number of hydrogen-bond acceptors (Lipinski definition) is 6. The molecule has 1 N–H and O–H groups in total. The van der Waals surface area contributed by atoms with Gasteiger partial charge in [-0.05, 0) is 31.4 Å². The van der Waals surface area contributed by atoms with Crippen molar-refractivity contribution in [2.24, 2.45) is 0 Å². The second-order valence-corrected chi connectivity index (χ2v) is 8.43. The Labute approximate surface area is 179 Å². The first-order valence-corrected chi connectivity index (χ1v) is 11.0. The molecule has 1 aliphatic heterocycles. The van der Waals surface area contributed by atoms with E-state index in [0.29, 0.717) is 24.3 Å². The summed E-state index contributed by atoms with van der Waals surface area (Å²) in [5.74, 6) is -4.55. The Morgan fingerprint density at radius 1 is 1.40 bits per heavy atom. The number of likely N-dealkylation sites (tertiary alicyclic amines) is 1. The van der Waals surface area contributed by atoms with Crippen molar-refractivity contribution in [1.29, 1.82) is 0 Å². The molecule has 0 spiro atoms. The van der Waals surface area contributed by atoms with E-state index in [1.165, 1.54) is 35.5 Å². The molecule has 1 aromatic heterocycles. The summed E-state index contributed by atoms with van der Waals surface area (Å²) in [4.78, 5) is 25.3. The second-order valence-electron chi connectivity index (χ2n) is 7.30. The Kier molecular flexibility index (Phi) is 9.23. The minimum Gasteiger partial charge on any atom is -0.437 e. The number of methoxy groups -OCH3 is 1. The van der Waals surface area contributed by atoms with Gasteiger partial charge in [-0.15, -0.1) is 11.3 Å².